The number of hydrogen-bond donors (Lipinski definition) is 1. The lowest BCUT2D eigenvalue weighted by Crippen LogP contribution is -2.42. The first kappa shape index (κ1) is 17.7. The zero-order chi connectivity index (χ0) is 15.4. The molecule has 2 nitrogen and oxygen atoms in total. The fraction of sp³-hybridized carbons (Fsp3) is 0.765. The molecule has 0 radical (unpaired) electrons. The van der Waals surface area contributed by atoms with E-state index < -0.39 is 8.32 Å². The lowest BCUT2D eigenvalue weighted by Gasteiger charge is -2.38. The lowest BCUT2D eigenvalue weighted by molar-refractivity contribution is 0.151. The van der Waals surface area contributed by atoms with Crippen LogP contribution in [0.5, 0.6) is 0 Å². The fourth-order valence-corrected chi connectivity index (χ4v) is 3.29. The van der Waals surface area contributed by atoms with Gasteiger partial charge < -0.3 is 9.53 Å². The SMILES string of the molecule is C/C=C\[C@H](O)[C@H]1CCCC=C1CO[Si](C)(C)C(C)(C)C. The van der Waals surface area contributed by atoms with E-state index in [0.717, 1.165) is 12.8 Å². The largest absolute Gasteiger partial charge is 0.413 e. The van der Waals surface area contributed by atoms with E-state index in [-0.39, 0.29) is 17.1 Å². The maximum atomic E-state index is 10.3. The molecule has 0 saturated heterocycles. The summed E-state index contributed by atoms with van der Waals surface area (Å²) in [5.74, 6) is 0.240. The third-order valence-corrected chi connectivity index (χ3v) is 9.29. The van der Waals surface area contributed by atoms with Crippen molar-refractivity contribution in [1.82, 2.24) is 0 Å². The second-order valence-electron chi connectivity index (χ2n) is 7.38. The van der Waals surface area contributed by atoms with Crippen molar-refractivity contribution >= 4 is 8.32 Å². The number of hydrogen-bond acceptors (Lipinski definition) is 2. The molecule has 0 unspecified atom stereocenters. The molecule has 2 atom stereocenters. The Hall–Kier alpha value is -0.383. The Morgan fingerprint density at radius 1 is 1.45 bits per heavy atom. The molecule has 0 fully saturated rings. The zero-order valence-corrected chi connectivity index (χ0v) is 15.1. The maximum Gasteiger partial charge on any atom is 0.192 e. The monoisotopic (exact) mass is 296 g/mol. The van der Waals surface area contributed by atoms with Crippen LogP contribution in [0.4, 0.5) is 0 Å². The standard InChI is InChI=1S/C17H32O2Si/c1-7-10-16(18)15-12-9-8-11-14(15)13-19-20(5,6)17(2,3)4/h7,10-11,15-16,18H,8-9,12-13H2,1-6H3/b10-7-/t15-,16-/m0/s1. The molecule has 0 spiro atoms. The van der Waals surface area contributed by atoms with Crippen LogP contribution in [0.15, 0.2) is 23.8 Å². The average molecular weight is 297 g/mol. The predicted molar refractivity (Wildman–Crippen MR) is 89.4 cm³/mol. The highest BCUT2D eigenvalue weighted by Crippen LogP contribution is 2.38. The summed E-state index contributed by atoms with van der Waals surface area (Å²) in [6.07, 6.45) is 9.11. The second kappa shape index (κ2) is 7.06. The Morgan fingerprint density at radius 2 is 2.10 bits per heavy atom. The third kappa shape index (κ3) is 4.57. The van der Waals surface area contributed by atoms with E-state index in [4.69, 9.17) is 4.43 Å². The Morgan fingerprint density at radius 3 is 2.65 bits per heavy atom. The number of allylic oxidation sites excluding steroid dienone is 2. The normalized spacial score (nSPS) is 22.9. The molecule has 1 aliphatic rings. The highest BCUT2D eigenvalue weighted by atomic mass is 28.4. The molecule has 1 rings (SSSR count). The van der Waals surface area contributed by atoms with Gasteiger partial charge in [0.15, 0.2) is 8.32 Å². The van der Waals surface area contributed by atoms with Gasteiger partial charge in [0, 0.05) is 5.92 Å². The molecule has 0 aromatic rings. The summed E-state index contributed by atoms with van der Waals surface area (Å²) in [6.45, 7) is 14.0. The van der Waals surface area contributed by atoms with Gasteiger partial charge in [-0.2, -0.15) is 0 Å². The molecule has 0 aliphatic heterocycles. The molecule has 0 aromatic heterocycles. The molecule has 20 heavy (non-hydrogen) atoms. The highest BCUT2D eigenvalue weighted by molar-refractivity contribution is 6.74. The van der Waals surface area contributed by atoms with Gasteiger partial charge in [-0.3, -0.25) is 0 Å². The van der Waals surface area contributed by atoms with E-state index in [9.17, 15) is 5.11 Å². The first-order chi connectivity index (χ1) is 9.19. The minimum Gasteiger partial charge on any atom is -0.413 e. The van der Waals surface area contributed by atoms with Crippen LogP contribution in [0.25, 0.3) is 0 Å². The van der Waals surface area contributed by atoms with E-state index in [1.807, 2.05) is 19.1 Å². The summed E-state index contributed by atoms with van der Waals surface area (Å²) < 4.78 is 6.33. The first-order valence-electron chi connectivity index (χ1n) is 7.83. The minimum absolute atomic E-state index is 0.236. The van der Waals surface area contributed by atoms with Crippen LogP contribution in [0.1, 0.15) is 47.0 Å². The van der Waals surface area contributed by atoms with Crippen molar-refractivity contribution in [2.75, 3.05) is 6.61 Å². The third-order valence-electron chi connectivity index (χ3n) is 4.81. The summed E-state index contributed by atoms with van der Waals surface area (Å²) >= 11 is 0. The van der Waals surface area contributed by atoms with E-state index >= 15 is 0 Å². The smallest absolute Gasteiger partial charge is 0.192 e. The minimum atomic E-state index is -1.71. The van der Waals surface area contributed by atoms with E-state index in [0.29, 0.717) is 6.61 Å². The second-order valence-corrected chi connectivity index (χ2v) is 12.2. The maximum absolute atomic E-state index is 10.3. The van der Waals surface area contributed by atoms with Crippen LogP contribution < -0.4 is 0 Å². The fourth-order valence-electron chi connectivity index (χ4n) is 2.33. The molecule has 0 amide bonds. The molecular weight excluding hydrogens is 264 g/mol. The van der Waals surface area contributed by atoms with Crippen LogP contribution in [0.2, 0.25) is 18.1 Å². The molecule has 0 aromatic carbocycles. The van der Waals surface area contributed by atoms with E-state index in [2.05, 4.69) is 39.9 Å². The molecule has 116 valence electrons. The molecular formula is C17H32O2Si. The Kier molecular flexibility index (Phi) is 6.23. The Labute approximate surface area is 126 Å². The molecule has 1 N–H and O–H groups in total. The topological polar surface area (TPSA) is 29.5 Å². The van der Waals surface area contributed by atoms with E-state index in [1.165, 1.54) is 12.0 Å². The number of aliphatic hydroxyl groups excluding tert-OH is 1. The van der Waals surface area contributed by atoms with Gasteiger partial charge in [-0.15, -0.1) is 0 Å². The quantitative estimate of drug-likeness (QED) is 0.590. The van der Waals surface area contributed by atoms with Gasteiger partial charge in [-0.25, -0.2) is 0 Å². The number of rotatable bonds is 5. The average Bonchev–Trinajstić information content (AvgIpc) is 2.35. The summed E-state index contributed by atoms with van der Waals surface area (Å²) in [7, 11) is -1.71. The van der Waals surface area contributed by atoms with E-state index in [1.54, 1.807) is 0 Å². The zero-order valence-electron chi connectivity index (χ0n) is 14.1. The van der Waals surface area contributed by atoms with Crippen molar-refractivity contribution in [3.8, 4) is 0 Å². The van der Waals surface area contributed by atoms with Crippen LogP contribution in [-0.4, -0.2) is 26.1 Å². The van der Waals surface area contributed by atoms with Gasteiger partial charge in [0.25, 0.3) is 0 Å². The van der Waals surface area contributed by atoms with Gasteiger partial charge in [0.2, 0.25) is 0 Å². The van der Waals surface area contributed by atoms with Crippen LogP contribution >= 0.6 is 0 Å². The molecule has 0 saturated carbocycles. The Balaban J connectivity index is 2.72. The van der Waals surface area contributed by atoms with Gasteiger partial charge in [-0.1, -0.05) is 39.0 Å². The van der Waals surface area contributed by atoms with Crippen molar-refractivity contribution in [3.05, 3.63) is 23.8 Å². The molecule has 0 bridgehead atoms. The van der Waals surface area contributed by atoms with Gasteiger partial charge in [0.05, 0.1) is 12.7 Å². The summed E-state index contributed by atoms with van der Waals surface area (Å²) in [6, 6.07) is 0. The molecule has 1 aliphatic carbocycles. The van der Waals surface area contributed by atoms with Crippen LogP contribution in [0.3, 0.4) is 0 Å². The van der Waals surface area contributed by atoms with Crippen molar-refractivity contribution in [2.24, 2.45) is 5.92 Å². The summed E-state index contributed by atoms with van der Waals surface area (Å²) in [4.78, 5) is 0. The number of aliphatic hydroxyl groups is 1. The van der Waals surface area contributed by atoms with Gasteiger partial charge in [-0.05, 0) is 49.9 Å². The van der Waals surface area contributed by atoms with Crippen molar-refractivity contribution in [1.29, 1.82) is 0 Å². The summed E-state index contributed by atoms with van der Waals surface area (Å²) in [5, 5.41) is 10.5. The molecule has 3 heteroatoms. The first-order valence-corrected chi connectivity index (χ1v) is 10.7. The molecule has 0 heterocycles. The predicted octanol–water partition coefficient (Wildman–Crippen LogP) is 4.67. The van der Waals surface area contributed by atoms with Crippen molar-refractivity contribution < 1.29 is 9.53 Å². The van der Waals surface area contributed by atoms with Crippen LogP contribution in [-0.2, 0) is 4.43 Å². The summed E-state index contributed by atoms with van der Waals surface area (Å²) in [5.41, 5.74) is 1.30. The van der Waals surface area contributed by atoms with Crippen LogP contribution in [0, 0.1) is 5.92 Å². The highest BCUT2D eigenvalue weighted by Gasteiger charge is 2.37. The Bertz CT molecular complexity index is 364. The van der Waals surface area contributed by atoms with Gasteiger partial charge in [0.1, 0.15) is 0 Å². The van der Waals surface area contributed by atoms with Crippen molar-refractivity contribution in [3.63, 3.8) is 0 Å². The van der Waals surface area contributed by atoms with Crippen molar-refractivity contribution in [2.45, 2.75) is 71.2 Å². The lowest BCUT2D eigenvalue weighted by atomic mass is 9.84. The van der Waals surface area contributed by atoms with Gasteiger partial charge >= 0.3 is 0 Å².